The summed E-state index contributed by atoms with van der Waals surface area (Å²) in [5.41, 5.74) is -0.783. The molecule has 1 saturated heterocycles. The Balaban J connectivity index is 1.81. The molecule has 1 fully saturated rings. The van der Waals surface area contributed by atoms with Crippen LogP contribution >= 0.6 is 0 Å². The molecule has 1 unspecified atom stereocenters. The van der Waals surface area contributed by atoms with Gasteiger partial charge in [-0.25, -0.2) is 4.79 Å². The first-order chi connectivity index (χ1) is 13.4. The van der Waals surface area contributed by atoms with Crippen LogP contribution in [0.1, 0.15) is 44.7 Å². The number of hydrogen-bond donors (Lipinski definition) is 1. The number of benzene rings is 1. The molecule has 0 aliphatic carbocycles. The molecule has 1 aromatic carbocycles. The second-order valence-corrected chi connectivity index (χ2v) is 8.13. The molecule has 1 aliphatic rings. The molecular weight excluding hydrogens is 385 g/mol. The summed E-state index contributed by atoms with van der Waals surface area (Å²) in [6.45, 7) is 7.00. The maximum Gasteiger partial charge on any atom is 0.416 e. The van der Waals surface area contributed by atoms with Gasteiger partial charge in [-0.3, -0.25) is 4.79 Å². The summed E-state index contributed by atoms with van der Waals surface area (Å²) in [5.74, 6) is -0.209. The number of carbonyl (C=O) groups excluding carboxylic acids is 2. The highest BCUT2D eigenvalue weighted by molar-refractivity contribution is 5.91. The van der Waals surface area contributed by atoms with Gasteiger partial charge in [0, 0.05) is 25.7 Å². The van der Waals surface area contributed by atoms with Gasteiger partial charge in [0.2, 0.25) is 5.91 Å². The Labute approximate surface area is 168 Å². The Morgan fingerprint density at radius 3 is 2.45 bits per heavy atom. The van der Waals surface area contributed by atoms with Crippen molar-refractivity contribution in [3.05, 3.63) is 41.5 Å². The third kappa shape index (κ3) is 7.79. The van der Waals surface area contributed by atoms with Gasteiger partial charge in [0.15, 0.2) is 0 Å². The zero-order valence-corrected chi connectivity index (χ0v) is 16.9. The lowest BCUT2D eigenvalue weighted by atomic mass is 9.98. The molecule has 160 valence electrons. The predicted octanol–water partition coefficient (Wildman–Crippen LogP) is 4.48. The van der Waals surface area contributed by atoms with Crippen LogP contribution in [0.2, 0.25) is 0 Å². The van der Waals surface area contributed by atoms with Crippen molar-refractivity contribution in [3.8, 4) is 0 Å². The number of amides is 2. The summed E-state index contributed by atoms with van der Waals surface area (Å²) < 4.78 is 43.1. The van der Waals surface area contributed by atoms with Crippen LogP contribution in [0.25, 0.3) is 6.08 Å². The number of rotatable bonds is 4. The van der Waals surface area contributed by atoms with Crippen LogP contribution in [0, 0.1) is 5.92 Å². The number of halogens is 3. The minimum atomic E-state index is -4.38. The number of ether oxygens (including phenoxy) is 1. The van der Waals surface area contributed by atoms with E-state index in [9.17, 15) is 22.8 Å². The molecule has 0 saturated carbocycles. The van der Waals surface area contributed by atoms with Crippen molar-refractivity contribution in [2.24, 2.45) is 5.92 Å². The lowest BCUT2D eigenvalue weighted by Crippen LogP contribution is -2.45. The summed E-state index contributed by atoms with van der Waals surface area (Å²) in [7, 11) is 0. The lowest BCUT2D eigenvalue weighted by molar-refractivity contribution is -0.137. The van der Waals surface area contributed by atoms with E-state index in [4.69, 9.17) is 4.74 Å². The van der Waals surface area contributed by atoms with E-state index in [1.807, 2.05) is 20.8 Å². The monoisotopic (exact) mass is 412 g/mol. The smallest absolute Gasteiger partial charge is 0.416 e. The maximum absolute atomic E-state index is 12.6. The molecule has 8 heteroatoms. The third-order valence-corrected chi connectivity index (χ3v) is 4.40. The summed E-state index contributed by atoms with van der Waals surface area (Å²) in [5, 5.41) is 2.78. The van der Waals surface area contributed by atoms with Crippen LogP contribution in [0.5, 0.6) is 0 Å². The van der Waals surface area contributed by atoms with Crippen molar-refractivity contribution in [1.82, 2.24) is 10.2 Å². The van der Waals surface area contributed by atoms with E-state index >= 15 is 0 Å². The van der Waals surface area contributed by atoms with E-state index in [-0.39, 0.29) is 17.9 Å². The van der Waals surface area contributed by atoms with Gasteiger partial charge in [-0.15, -0.1) is 0 Å². The van der Waals surface area contributed by atoms with E-state index in [2.05, 4.69) is 5.32 Å². The van der Waals surface area contributed by atoms with Crippen molar-refractivity contribution in [3.63, 3.8) is 0 Å². The van der Waals surface area contributed by atoms with Crippen molar-refractivity contribution < 1.29 is 27.5 Å². The molecule has 0 spiro atoms. The van der Waals surface area contributed by atoms with E-state index in [1.165, 1.54) is 24.3 Å². The topological polar surface area (TPSA) is 58.6 Å². The van der Waals surface area contributed by atoms with Gasteiger partial charge in [-0.05, 0) is 63.3 Å². The molecule has 0 radical (unpaired) electrons. The third-order valence-electron chi connectivity index (χ3n) is 4.40. The van der Waals surface area contributed by atoms with Crippen molar-refractivity contribution >= 4 is 18.1 Å². The van der Waals surface area contributed by atoms with E-state index in [0.717, 1.165) is 25.0 Å². The Hall–Kier alpha value is -2.51. The van der Waals surface area contributed by atoms with Gasteiger partial charge in [0.1, 0.15) is 5.60 Å². The molecule has 1 aliphatic heterocycles. The number of alkyl halides is 3. The molecule has 0 bridgehead atoms. The SMILES string of the molecule is CC(C)(C)OC(=O)N1CCCC(CNC(=O)/C=C/c2ccc(C(F)(F)F)cc2)C1. The fourth-order valence-corrected chi connectivity index (χ4v) is 2.98. The minimum absolute atomic E-state index is 0.125. The van der Waals surface area contributed by atoms with Gasteiger partial charge >= 0.3 is 12.3 Å². The van der Waals surface area contributed by atoms with Crippen LogP contribution in [-0.4, -0.2) is 42.1 Å². The first-order valence-electron chi connectivity index (χ1n) is 9.55. The number of hydrogen-bond acceptors (Lipinski definition) is 3. The molecule has 1 aromatic rings. The van der Waals surface area contributed by atoms with E-state index in [1.54, 1.807) is 4.90 Å². The number of piperidine rings is 1. The normalized spacial score (nSPS) is 18.0. The number of nitrogens with one attached hydrogen (secondary N) is 1. The van der Waals surface area contributed by atoms with Crippen molar-refractivity contribution in [2.75, 3.05) is 19.6 Å². The number of likely N-dealkylation sites (tertiary alicyclic amines) is 1. The van der Waals surface area contributed by atoms with E-state index in [0.29, 0.717) is 25.2 Å². The molecule has 29 heavy (non-hydrogen) atoms. The van der Waals surface area contributed by atoms with Crippen molar-refractivity contribution in [2.45, 2.75) is 45.4 Å². The second-order valence-electron chi connectivity index (χ2n) is 8.13. The van der Waals surface area contributed by atoms with E-state index < -0.39 is 17.3 Å². The average molecular weight is 412 g/mol. The maximum atomic E-state index is 12.6. The standard InChI is InChI=1S/C21H27F3N2O3/c1-20(2,3)29-19(28)26-12-4-5-16(14-26)13-25-18(27)11-8-15-6-9-17(10-7-15)21(22,23)24/h6-11,16H,4-5,12-14H2,1-3H3,(H,25,27)/b11-8+. The summed E-state index contributed by atoms with van der Waals surface area (Å²) in [6.07, 6.45) is -0.257. The summed E-state index contributed by atoms with van der Waals surface area (Å²) >= 11 is 0. The zero-order valence-electron chi connectivity index (χ0n) is 16.9. The molecule has 1 heterocycles. The van der Waals surface area contributed by atoms with Crippen LogP contribution in [-0.2, 0) is 15.7 Å². The van der Waals surface area contributed by atoms with Gasteiger partial charge in [-0.2, -0.15) is 13.2 Å². The van der Waals surface area contributed by atoms with Crippen LogP contribution < -0.4 is 5.32 Å². The second kappa shape index (κ2) is 9.33. The molecule has 1 N–H and O–H groups in total. The van der Waals surface area contributed by atoms with Crippen LogP contribution in [0.3, 0.4) is 0 Å². The van der Waals surface area contributed by atoms with Gasteiger partial charge in [-0.1, -0.05) is 12.1 Å². The highest BCUT2D eigenvalue weighted by Crippen LogP contribution is 2.29. The predicted molar refractivity (Wildman–Crippen MR) is 104 cm³/mol. The van der Waals surface area contributed by atoms with Gasteiger partial charge in [0.05, 0.1) is 5.56 Å². The highest BCUT2D eigenvalue weighted by Gasteiger charge is 2.30. The number of nitrogens with zero attached hydrogens (tertiary/aromatic N) is 1. The molecule has 2 amide bonds. The molecule has 5 nitrogen and oxygen atoms in total. The van der Waals surface area contributed by atoms with Gasteiger partial charge < -0.3 is 15.0 Å². The largest absolute Gasteiger partial charge is 0.444 e. The Morgan fingerprint density at radius 1 is 1.21 bits per heavy atom. The first-order valence-corrected chi connectivity index (χ1v) is 9.55. The summed E-state index contributed by atoms with van der Waals surface area (Å²) in [6, 6.07) is 4.58. The number of carbonyl (C=O) groups is 2. The average Bonchev–Trinajstić information content (AvgIpc) is 2.63. The highest BCUT2D eigenvalue weighted by atomic mass is 19.4. The molecular formula is C21H27F3N2O3. The fourth-order valence-electron chi connectivity index (χ4n) is 2.98. The minimum Gasteiger partial charge on any atom is -0.444 e. The van der Waals surface area contributed by atoms with Crippen LogP contribution in [0.4, 0.5) is 18.0 Å². The molecule has 1 atom stereocenters. The molecule has 0 aromatic heterocycles. The van der Waals surface area contributed by atoms with Gasteiger partial charge in [0.25, 0.3) is 0 Å². The Kier molecular flexibility index (Phi) is 7.32. The quantitative estimate of drug-likeness (QED) is 0.742. The van der Waals surface area contributed by atoms with Crippen molar-refractivity contribution in [1.29, 1.82) is 0 Å². The first kappa shape index (κ1) is 22.8. The summed E-state index contributed by atoms with van der Waals surface area (Å²) in [4.78, 5) is 25.8. The zero-order chi connectivity index (χ0) is 21.7. The van der Waals surface area contributed by atoms with Crippen LogP contribution in [0.15, 0.2) is 30.3 Å². The lowest BCUT2D eigenvalue weighted by Gasteiger charge is -2.34. The Morgan fingerprint density at radius 2 is 1.86 bits per heavy atom. The fraction of sp³-hybridized carbons (Fsp3) is 0.524. The molecule has 2 rings (SSSR count). The Bertz CT molecular complexity index is 737.